The van der Waals surface area contributed by atoms with Gasteiger partial charge in [-0.2, -0.15) is 0 Å². The molecular weight excluding hydrogens is 150 g/mol. The number of aliphatic imine (C=N–C) groups is 1. The monoisotopic (exact) mass is 155 g/mol. The molecule has 52 valence electrons. The molecule has 0 saturated carbocycles. The summed E-state index contributed by atoms with van der Waals surface area (Å²) in [7, 11) is 0. The van der Waals surface area contributed by atoms with Crippen molar-refractivity contribution in [3.8, 4) is 0 Å². The highest BCUT2D eigenvalue weighted by molar-refractivity contribution is 8.13. The number of fused-ring (bicyclic) bond motifs is 1. The van der Waals surface area contributed by atoms with Gasteiger partial charge in [-0.3, -0.25) is 9.79 Å². The highest BCUT2D eigenvalue weighted by Gasteiger charge is 2.24. The van der Waals surface area contributed by atoms with Crippen molar-refractivity contribution < 1.29 is 9.53 Å². The van der Waals surface area contributed by atoms with E-state index in [2.05, 4.69) is 4.99 Å². The molecule has 0 aliphatic carbocycles. The van der Waals surface area contributed by atoms with Gasteiger partial charge in [0.2, 0.25) is 0 Å². The van der Waals surface area contributed by atoms with Crippen LogP contribution in [0.4, 0.5) is 0 Å². The quantitative estimate of drug-likeness (QED) is 0.513. The smallest absolute Gasteiger partial charge is 0.183 e. The summed E-state index contributed by atoms with van der Waals surface area (Å²) < 4.78 is 5.13. The molecule has 1 unspecified atom stereocenters. The summed E-state index contributed by atoms with van der Waals surface area (Å²) in [6.45, 7) is 0.199. The third-order valence-corrected chi connectivity index (χ3v) is 2.17. The van der Waals surface area contributed by atoms with Gasteiger partial charge in [0, 0.05) is 6.08 Å². The first-order chi connectivity index (χ1) is 4.86. The topological polar surface area (TPSA) is 38.7 Å². The molecule has 0 fully saturated rings. The highest BCUT2D eigenvalue weighted by atomic mass is 32.2. The average molecular weight is 155 g/mol. The van der Waals surface area contributed by atoms with Crippen LogP contribution in [0.2, 0.25) is 0 Å². The predicted octanol–water partition coefficient (Wildman–Crippen LogP) is 0.571. The molecule has 1 atom stereocenters. The van der Waals surface area contributed by atoms with E-state index in [0.29, 0.717) is 0 Å². The first-order valence-electron chi connectivity index (χ1n) is 2.90. The van der Waals surface area contributed by atoms with Gasteiger partial charge in [0.15, 0.2) is 11.2 Å². The molecule has 10 heavy (non-hydrogen) atoms. The van der Waals surface area contributed by atoms with Crippen molar-refractivity contribution in [2.45, 2.75) is 5.44 Å². The standard InChI is InChI=1S/C6H5NO2S/c8-4-1-5-6(9-2-4)10-3-7-5/h1,3,6H,2H2. The zero-order valence-electron chi connectivity index (χ0n) is 5.11. The summed E-state index contributed by atoms with van der Waals surface area (Å²) in [5.74, 6) is 0.00546. The van der Waals surface area contributed by atoms with Gasteiger partial charge in [0.05, 0.1) is 11.2 Å². The van der Waals surface area contributed by atoms with Crippen molar-refractivity contribution in [3.05, 3.63) is 11.8 Å². The van der Waals surface area contributed by atoms with Gasteiger partial charge < -0.3 is 4.74 Å². The number of nitrogens with zero attached hydrogens (tertiary/aromatic N) is 1. The number of carbonyl (C=O) groups excluding carboxylic acids is 1. The molecular formula is C6H5NO2S. The van der Waals surface area contributed by atoms with Crippen molar-refractivity contribution >= 4 is 23.1 Å². The summed E-state index contributed by atoms with van der Waals surface area (Å²) >= 11 is 1.49. The molecule has 2 aliphatic heterocycles. The van der Waals surface area contributed by atoms with Crippen LogP contribution in [0.3, 0.4) is 0 Å². The van der Waals surface area contributed by atoms with Crippen LogP contribution >= 0.6 is 11.8 Å². The summed E-state index contributed by atoms with van der Waals surface area (Å²) in [4.78, 5) is 14.7. The molecule has 0 spiro atoms. The number of hydrogen-bond acceptors (Lipinski definition) is 4. The zero-order valence-corrected chi connectivity index (χ0v) is 5.93. The Kier molecular flexibility index (Phi) is 1.35. The average Bonchev–Trinajstić information content (AvgIpc) is 2.33. The maximum absolute atomic E-state index is 10.7. The Bertz CT molecular complexity index is 234. The predicted molar refractivity (Wildman–Crippen MR) is 38.9 cm³/mol. The van der Waals surface area contributed by atoms with Crippen molar-refractivity contribution in [3.63, 3.8) is 0 Å². The van der Waals surface area contributed by atoms with Crippen LogP contribution in [0.5, 0.6) is 0 Å². The van der Waals surface area contributed by atoms with Crippen LogP contribution in [0, 0.1) is 0 Å². The molecule has 0 amide bonds. The van der Waals surface area contributed by atoms with Gasteiger partial charge in [-0.1, -0.05) is 11.8 Å². The first kappa shape index (κ1) is 6.12. The van der Waals surface area contributed by atoms with Crippen molar-refractivity contribution in [1.82, 2.24) is 0 Å². The first-order valence-corrected chi connectivity index (χ1v) is 3.84. The number of rotatable bonds is 0. The van der Waals surface area contributed by atoms with Crippen LogP contribution in [-0.2, 0) is 9.53 Å². The van der Waals surface area contributed by atoms with Gasteiger partial charge >= 0.3 is 0 Å². The Morgan fingerprint density at radius 2 is 2.70 bits per heavy atom. The molecule has 2 aliphatic rings. The van der Waals surface area contributed by atoms with Crippen LogP contribution in [0.15, 0.2) is 16.8 Å². The Balaban J connectivity index is 2.30. The molecule has 0 aromatic carbocycles. The molecule has 0 N–H and O–H groups in total. The van der Waals surface area contributed by atoms with E-state index in [1.165, 1.54) is 11.8 Å². The molecule has 0 bridgehead atoms. The third-order valence-electron chi connectivity index (χ3n) is 1.31. The molecule has 0 radical (unpaired) electrons. The lowest BCUT2D eigenvalue weighted by Crippen LogP contribution is -2.20. The lowest BCUT2D eigenvalue weighted by atomic mass is 10.3. The van der Waals surface area contributed by atoms with Crippen LogP contribution < -0.4 is 0 Å². The highest BCUT2D eigenvalue weighted by Crippen LogP contribution is 2.28. The van der Waals surface area contributed by atoms with E-state index in [4.69, 9.17) is 4.74 Å². The Morgan fingerprint density at radius 3 is 3.60 bits per heavy atom. The molecule has 2 rings (SSSR count). The summed E-state index contributed by atoms with van der Waals surface area (Å²) in [6, 6.07) is 0. The van der Waals surface area contributed by atoms with E-state index in [0.717, 1.165) is 5.70 Å². The number of ether oxygens (including phenoxy) is 1. The maximum atomic E-state index is 10.7. The van der Waals surface area contributed by atoms with E-state index in [1.807, 2.05) is 0 Å². The van der Waals surface area contributed by atoms with Crippen molar-refractivity contribution in [1.29, 1.82) is 0 Å². The van der Waals surface area contributed by atoms with E-state index in [1.54, 1.807) is 11.6 Å². The largest absolute Gasteiger partial charge is 0.353 e. The summed E-state index contributed by atoms with van der Waals surface area (Å²) in [6.07, 6.45) is 1.55. The molecule has 0 saturated heterocycles. The van der Waals surface area contributed by atoms with Crippen molar-refractivity contribution in [2.24, 2.45) is 4.99 Å². The Hall–Kier alpha value is -0.610. The molecule has 0 aromatic rings. The number of ketones is 1. The molecule has 4 heteroatoms. The van der Waals surface area contributed by atoms with Gasteiger partial charge in [0.1, 0.15) is 6.61 Å². The second kappa shape index (κ2) is 2.21. The van der Waals surface area contributed by atoms with E-state index < -0.39 is 0 Å². The van der Waals surface area contributed by atoms with Crippen LogP contribution in [0.1, 0.15) is 0 Å². The maximum Gasteiger partial charge on any atom is 0.183 e. The van der Waals surface area contributed by atoms with E-state index in [-0.39, 0.29) is 17.8 Å². The van der Waals surface area contributed by atoms with E-state index in [9.17, 15) is 4.79 Å². The van der Waals surface area contributed by atoms with Crippen LogP contribution in [0.25, 0.3) is 0 Å². The fourth-order valence-corrected chi connectivity index (χ4v) is 1.58. The number of carbonyl (C=O) groups is 1. The fourth-order valence-electron chi connectivity index (χ4n) is 0.872. The van der Waals surface area contributed by atoms with Gasteiger partial charge in [-0.25, -0.2) is 0 Å². The van der Waals surface area contributed by atoms with Gasteiger partial charge in [-0.15, -0.1) is 0 Å². The van der Waals surface area contributed by atoms with Gasteiger partial charge in [-0.05, 0) is 0 Å². The SMILES string of the molecule is O=C1C=C2N=CSC2OC1. The van der Waals surface area contributed by atoms with Gasteiger partial charge in [0.25, 0.3) is 0 Å². The minimum absolute atomic E-state index is 0.00546. The number of hydrogen-bond donors (Lipinski definition) is 0. The lowest BCUT2D eigenvalue weighted by molar-refractivity contribution is -0.120. The molecule has 3 nitrogen and oxygen atoms in total. The fraction of sp³-hybridized carbons (Fsp3) is 0.333. The molecule has 2 heterocycles. The summed E-state index contributed by atoms with van der Waals surface area (Å²) in [5.41, 5.74) is 2.44. The van der Waals surface area contributed by atoms with Crippen molar-refractivity contribution in [2.75, 3.05) is 6.61 Å². The minimum atomic E-state index is -0.0160. The summed E-state index contributed by atoms with van der Waals surface area (Å²) in [5, 5.41) is 0. The number of thioether (sulfide) groups is 1. The Labute approximate surface area is 62.2 Å². The van der Waals surface area contributed by atoms with Crippen LogP contribution in [-0.4, -0.2) is 23.4 Å². The Morgan fingerprint density at radius 1 is 1.80 bits per heavy atom. The lowest BCUT2D eigenvalue weighted by Gasteiger charge is -2.13. The second-order valence-corrected chi connectivity index (χ2v) is 2.96. The normalized spacial score (nSPS) is 30.2. The minimum Gasteiger partial charge on any atom is -0.353 e. The third kappa shape index (κ3) is 0.892. The zero-order chi connectivity index (χ0) is 6.97. The molecule has 0 aromatic heterocycles. The second-order valence-electron chi connectivity index (χ2n) is 2.05. The van der Waals surface area contributed by atoms with E-state index >= 15 is 0 Å².